The summed E-state index contributed by atoms with van der Waals surface area (Å²) in [6.07, 6.45) is 3.01. The number of rotatable bonds is 3. The summed E-state index contributed by atoms with van der Waals surface area (Å²) in [4.78, 5) is 17.0. The summed E-state index contributed by atoms with van der Waals surface area (Å²) in [7, 11) is 0. The summed E-state index contributed by atoms with van der Waals surface area (Å²) in [5.41, 5.74) is 3.03. The van der Waals surface area contributed by atoms with Gasteiger partial charge in [0.15, 0.2) is 17.0 Å². The molecule has 2 aliphatic heterocycles. The molecule has 0 radical (unpaired) electrons. The monoisotopic (exact) mass is 411 g/mol. The van der Waals surface area contributed by atoms with Gasteiger partial charge in [-0.3, -0.25) is 0 Å². The summed E-state index contributed by atoms with van der Waals surface area (Å²) in [5, 5.41) is 0.739. The predicted molar refractivity (Wildman–Crippen MR) is 115 cm³/mol. The molecule has 2 aromatic heterocycles. The van der Waals surface area contributed by atoms with Crippen molar-refractivity contribution in [2.24, 2.45) is 5.41 Å². The fourth-order valence-corrected chi connectivity index (χ4v) is 4.39. The van der Waals surface area contributed by atoms with Crippen LogP contribution in [0, 0.1) is 5.41 Å². The molecule has 0 atom stereocenters. The lowest BCUT2D eigenvalue weighted by Crippen LogP contribution is -2.44. The Morgan fingerprint density at radius 3 is 2.69 bits per heavy atom. The smallest absolute Gasteiger partial charge is 0.166 e. The van der Waals surface area contributed by atoms with Crippen LogP contribution in [0.2, 0.25) is 5.02 Å². The number of ether oxygens (including phenoxy) is 1. The zero-order valence-corrected chi connectivity index (χ0v) is 17.9. The molecule has 5 rings (SSSR count). The van der Waals surface area contributed by atoms with E-state index in [9.17, 15) is 0 Å². The first-order chi connectivity index (χ1) is 13.8. The lowest BCUT2D eigenvalue weighted by molar-refractivity contribution is -0.0985. The number of hydrogen-bond donors (Lipinski definition) is 0. The van der Waals surface area contributed by atoms with E-state index in [1.54, 1.807) is 0 Å². The van der Waals surface area contributed by atoms with Gasteiger partial charge in [-0.1, -0.05) is 44.5 Å². The van der Waals surface area contributed by atoms with Gasteiger partial charge in [0.05, 0.1) is 26.1 Å². The second kappa shape index (κ2) is 6.67. The highest BCUT2D eigenvalue weighted by Gasteiger charge is 2.45. The molecule has 4 heterocycles. The van der Waals surface area contributed by atoms with Crippen molar-refractivity contribution < 1.29 is 4.74 Å². The summed E-state index contributed by atoms with van der Waals surface area (Å²) >= 11 is 6.18. The Kier molecular flexibility index (Phi) is 4.33. The van der Waals surface area contributed by atoms with Crippen molar-refractivity contribution in [2.45, 2.75) is 39.2 Å². The molecular weight excluding hydrogens is 386 g/mol. The Bertz CT molecular complexity index is 1070. The third-order valence-corrected chi connectivity index (χ3v) is 6.15. The zero-order valence-electron chi connectivity index (χ0n) is 17.2. The van der Waals surface area contributed by atoms with E-state index in [0.29, 0.717) is 12.0 Å². The number of fused-ring (bicyclic) bond motifs is 1. The molecule has 6 nitrogen and oxygen atoms in total. The van der Waals surface area contributed by atoms with Crippen molar-refractivity contribution in [3.63, 3.8) is 0 Å². The van der Waals surface area contributed by atoms with Crippen LogP contribution in [0.15, 0.2) is 30.6 Å². The van der Waals surface area contributed by atoms with Crippen molar-refractivity contribution in [1.82, 2.24) is 19.5 Å². The maximum atomic E-state index is 6.18. The third-order valence-electron chi connectivity index (χ3n) is 5.91. The normalized spacial score (nSPS) is 18.6. The highest BCUT2D eigenvalue weighted by Crippen LogP contribution is 2.40. The molecule has 29 heavy (non-hydrogen) atoms. The molecule has 0 bridgehead atoms. The van der Waals surface area contributed by atoms with E-state index in [1.165, 1.54) is 0 Å². The minimum absolute atomic E-state index is 0.148. The fraction of sp³-hybridized carbons (Fsp3) is 0.500. The molecule has 2 fully saturated rings. The first-order valence-corrected chi connectivity index (χ1v) is 10.5. The Labute approximate surface area is 175 Å². The van der Waals surface area contributed by atoms with Crippen LogP contribution in [-0.2, 0) is 16.7 Å². The van der Waals surface area contributed by atoms with Crippen LogP contribution in [0.5, 0.6) is 0 Å². The molecule has 1 spiro atoms. The predicted octanol–water partition coefficient (Wildman–Crippen LogP) is 4.05. The standard InChI is InChI=1S/C22H26ClN5O/c1-21(2,3)20-25-18(27-8-7-22(11-27)12-29-13-22)17-19(26-20)28(14-24-17)10-15-5-4-6-16(23)9-15/h4-6,9,14H,7-8,10-13H2,1-3H3. The van der Waals surface area contributed by atoms with E-state index in [2.05, 4.69) is 36.3 Å². The first-order valence-electron chi connectivity index (χ1n) is 10.1. The number of nitrogens with zero attached hydrogens (tertiary/aromatic N) is 5. The van der Waals surface area contributed by atoms with Crippen molar-refractivity contribution in [2.75, 3.05) is 31.2 Å². The van der Waals surface area contributed by atoms with E-state index in [1.807, 2.05) is 24.5 Å². The number of hydrogen-bond acceptors (Lipinski definition) is 5. The van der Waals surface area contributed by atoms with Gasteiger partial charge in [0.2, 0.25) is 0 Å². The van der Waals surface area contributed by atoms with Gasteiger partial charge < -0.3 is 14.2 Å². The van der Waals surface area contributed by atoms with Gasteiger partial charge in [-0.2, -0.15) is 0 Å². The quantitative estimate of drug-likeness (QED) is 0.650. The van der Waals surface area contributed by atoms with E-state index in [4.69, 9.17) is 31.3 Å². The molecule has 7 heteroatoms. The second-order valence-corrected chi connectivity index (χ2v) is 9.90. The van der Waals surface area contributed by atoms with E-state index < -0.39 is 0 Å². The molecule has 2 saturated heterocycles. The van der Waals surface area contributed by atoms with Gasteiger partial charge in [-0.25, -0.2) is 15.0 Å². The molecule has 0 saturated carbocycles. The van der Waals surface area contributed by atoms with Crippen LogP contribution in [0.4, 0.5) is 5.82 Å². The van der Waals surface area contributed by atoms with Crippen molar-refractivity contribution in [1.29, 1.82) is 0 Å². The van der Waals surface area contributed by atoms with Crippen LogP contribution >= 0.6 is 11.6 Å². The van der Waals surface area contributed by atoms with Gasteiger partial charge in [0.1, 0.15) is 5.82 Å². The lowest BCUT2D eigenvalue weighted by atomic mass is 9.85. The van der Waals surface area contributed by atoms with Gasteiger partial charge in [-0.15, -0.1) is 0 Å². The van der Waals surface area contributed by atoms with Crippen molar-refractivity contribution in [3.8, 4) is 0 Å². The summed E-state index contributed by atoms with van der Waals surface area (Å²) in [6.45, 7) is 10.8. The lowest BCUT2D eigenvalue weighted by Gasteiger charge is -2.37. The molecule has 152 valence electrons. The largest absolute Gasteiger partial charge is 0.380 e. The Balaban J connectivity index is 1.58. The van der Waals surface area contributed by atoms with E-state index in [0.717, 1.165) is 66.1 Å². The van der Waals surface area contributed by atoms with Gasteiger partial charge >= 0.3 is 0 Å². The third kappa shape index (κ3) is 3.38. The SMILES string of the molecule is CC(C)(C)c1nc(N2CCC3(COC3)C2)c2ncn(Cc3cccc(Cl)c3)c2n1. The first kappa shape index (κ1) is 18.8. The minimum Gasteiger partial charge on any atom is -0.380 e. The molecule has 0 N–H and O–H groups in total. The summed E-state index contributed by atoms with van der Waals surface area (Å²) in [5.74, 6) is 1.80. The summed E-state index contributed by atoms with van der Waals surface area (Å²) in [6, 6.07) is 7.93. The van der Waals surface area contributed by atoms with Crippen LogP contribution < -0.4 is 4.90 Å². The molecule has 3 aromatic rings. The Morgan fingerprint density at radius 1 is 1.21 bits per heavy atom. The number of imidazole rings is 1. The molecule has 0 amide bonds. The van der Waals surface area contributed by atoms with Gasteiger partial charge in [-0.05, 0) is 24.1 Å². The molecule has 1 aromatic carbocycles. The second-order valence-electron chi connectivity index (χ2n) is 9.46. The highest BCUT2D eigenvalue weighted by atomic mass is 35.5. The van der Waals surface area contributed by atoms with Crippen molar-refractivity contribution >= 4 is 28.6 Å². The van der Waals surface area contributed by atoms with Crippen LogP contribution in [0.3, 0.4) is 0 Å². The Morgan fingerprint density at radius 2 is 2.03 bits per heavy atom. The van der Waals surface area contributed by atoms with Crippen molar-refractivity contribution in [3.05, 3.63) is 47.0 Å². The number of halogens is 1. The van der Waals surface area contributed by atoms with Crippen LogP contribution in [0.25, 0.3) is 11.2 Å². The van der Waals surface area contributed by atoms with E-state index >= 15 is 0 Å². The number of aromatic nitrogens is 4. The average molecular weight is 412 g/mol. The molecular formula is C22H26ClN5O. The molecule has 0 aliphatic carbocycles. The molecule has 2 aliphatic rings. The van der Waals surface area contributed by atoms with Gasteiger partial charge in [0, 0.05) is 28.9 Å². The number of anilines is 1. The maximum Gasteiger partial charge on any atom is 0.166 e. The van der Waals surface area contributed by atoms with Crippen LogP contribution in [-0.4, -0.2) is 45.8 Å². The summed E-state index contributed by atoms with van der Waals surface area (Å²) < 4.78 is 7.60. The average Bonchev–Trinajstić information content (AvgIpc) is 3.25. The van der Waals surface area contributed by atoms with E-state index in [-0.39, 0.29) is 5.41 Å². The minimum atomic E-state index is -0.148. The highest BCUT2D eigenvalue weighted by molar-refractivity contribution is 6.30. The Hall–Kier alpha value is -2.18. The maximum absolute atomic E-state index is 6.18. The number of benzene rings is 1. The topological polar surface area (TPSA) is 56.1 Å². The molecule has 0 unspecified atom stereocenters. The zero-order chi connectivity index (χ0) is 20.2. The van der Waals surface area contributed by atoms with Crippen LogP contribution in [0.1, 0.15) is 38.6 Å². The van der Waals surface area contributed by atoms with Gasteiger partial charge in [0.25, 0.3) is 0 Å². The fourth-order valence-electron chi connectivity index (χ4n) is 4.18.